The highest BCUT2D eigenvalue weighted by molar-refractivity contribution is 5.83. The van der Waals surface area contributed by atoms with Crippen molar-refractivity contribution in [3.63, 3.8) is 0 Å². The number of morpholine rings is 1. The van der Waals surface area contributed by atoms with Crippen LogP contribution in [0.25, 0.3) is 10.9 Å². The lowest BCUT2D eigenvalue weighted by atomic mass is 10.1. The number of alkyl halides is 3. The van der Waals surface area contributed by atoms with Gasteiger partial charge >= 0.3 is 12.1 Å². The van der Waals surface area contributed by atoms with Gasteiger partial charge in [-0.2, -0.15) is 13.2 Å². The van der Waals surface area contributed by atoms with Crippen molar-refractivity contribution in [2.75, 3.05) is 31.2 Å². The van der Waals surface area contributed by atoms with E-state index in [0.29, 0.717) is 0 Å². The van der Waals surface area contributed by atoms with Crippen LogP contribution in [0.2, 0.25) is 0 Å². The van der Waals surface area contributed by atoms with E-state index in [1.807, 2.05) is 6.07 Å². The summed E-state index contributed by atoms with van der Waals surface area (Å²) in [6, 6.07) is 10.5. The number of aromatic nitrogens is 1. The van der Waals surface area contributed by atoms with E-state index in [-0.39, 0.29) is 0 Å². The number of carboxylic acids is 1. The summed E-state index contributed by atoms with van der Waals surface area (Å²) in [6.07, 6.45) is -5.08. The summed E-state index contributed by atoms with van der Waals surface area (Å²) in [5.41, 5.74) is 2.37. The number of anilines is 1. The number of aliphatic carboxylic acids is 1. The van der Waals surface area contributed by atoms with Crippen LogP contribution in [-0.4, -0.2) is 48.5 Å². The van der Waals surface area contributed by atoms with E-state index in [2.05, 4.69) is 36.1 Å². The van der Waals surface area contributed by atoms with Gasteiger partial charge in [0.05, 0.1) is 18.7 Å². The number of hydrogen-bond acceptors (Lipinski definition) is 4. The van der Waals surface area contributed by atoms with E-state index >= 15 is 0 Å². The molecule has 1 aliphatic heterocycles. The summed E-state index contributed by atoms with van der Waals surface area (Å²) in [6.45, 7) is 5.62. The second kappa shape index (κ2) is 7.48. The third-order valence-electron chi connectivity index (χ3n) is 3.49. The van der Waals surface area contributed by atoms with E-state index in [9.17, 15) is 13.2 Å². The highest BCUT2D eigenvalue weighted by atomic mass is 19.4. The molecule has 0 unspecified atom stereocenters. The number of ether oxygens (including phenoxy) is 1. The quantitative estimate of drug-likeness (QED) is 0.863. The Labute approximate surface area is 136 Å². The van der Waals surface area contributed by atoms with Gasteiger partial charge in [0, 0.05) is 18.5 Å². The lowest BCUT2D eigenvalue weighted by Crippen LogP contribution is -2.36. The van der Waals surface area contributed by atoms with E-state index in [0.717, 1.165) is 37.6 Å². The molecule has 3 rings (SSSR count). The lowest BCUT2D eigenvalue weighted by Gasteiger charge is -2.28. The maximum absolute atomic E-state index is 10.6. The number of fused-ring (bicyclic) bond motifs is 1. The van der Waals surface area contributed by atoms with Crippen LogP contribution in [0.15, 0.2) is 30.3 Å². The van der Waals surface area contributed by atoms with Crippen LogP contribution < -0.4 is 4.90 Å². The standard InChI is InChI=1S/C14H16N2O.C2HF3O2/c1-11-10-14(16-6-8-17-9-7-16)15-13-5-3-2-4-12(11)13;3-2(4,5)1(6)7/h2-5,10H,6-9H2,1H3;(H,6,7). The molecule has 1 aromatic carbocycles. The number of hydrogen-bond donors (Lipinski definition) is 1. The number of carboxylic acid groups (broad SMARTS) is 1. The zero-order chi connectivity index (χ0) is 17.7. The van der Waals surface area contributed by atoms with Crippen molar-refractivity contribution < 1.29 is 27.8 Å². The second-order valence-electron chi connectivity index (χ2n) is 5.22. The van der Waals surface area contributed by atoms with Gasteiger partial charge < -0.3 is 14.7 Å². The van der Waals surface area contributed by atoms with Crippen LogP contribution in [0.3, 0.4) is 0 Å². The van der Waals surface area contributed by atoms with Gasteiger partial charge in [0.2, 0.25) is 0 Å². The molecule has 0 saturated carbocycles. The Morgan fingerprint density at radius 3 is 2.42 bits per heavy atom. The molecule has 0 aliphatic carbocycles. The molecule has 1 aromatic heterocycles. The fourth-order valence-electron chi connectivity index (χ4n) is 2.29. The Kier molecular flexibility index (Phi) is 5.61. The van der Waals surface area contributed by atoms with E-state index in [1.165, 1.54) is 10.9 Å². The van der Waals surface area contributed by atoms with Crippen molar-refractivity contribution in [2.45, 2.75) is 13.1 Å². The minimum atomic E-state index is -5.08. The second-order valence-corrected chi connectivity index (χ2v) is 5.22. The van der Waals surface area contributed by atoms with Gasteiger partial charge in [0.15, 0.2) is 0 Å². The molecule has 0 radical (unpaired) electrons. The van der Waals surface area contributed by atoms with Crippen LogP contribution in [0.5, 0.6) is 0 Å². The fraction of sp³-hybridized carbons (Fsp3) is 0.375. The number of para-hydroxylation sites is 1. The van der Waals surface area contributed by atoms with Crippen LogP contribution in [0, 0.1) is 6.92 Å². The zero-order valence-electron chi connectivity index (χ0n) is 13.0. The molecular formula is C16H17F3N2O3. The molecule has 130 valence electrons. The minimum absolute atomic E-state index is 0.799. The summed E-state index contributed by atoms with van der Waals surface area (Å²) in [7, 11) is 0. The predicted octanol–water partition coefficient (Wildman–Crippen LogP) is 3.01. The average Bonchev–Trinajstić information content (AvgIpc) is 2.55. The summed E-state index contributed by atoms with van der Waals surface area (Å²) >= 11 is 0. The number of halogens is 3. The van der Waals surface area contributed by atoms with Gasteiger partial charge in [-0.3, -0.25) is 0 Å². The third kappa shape index (κ3) is 4.58. The molecule has 0 bridgehead atoms. The van der Waals surface area contributed by atoms with Gasteiger partial charge in [0.25, 0.3) is 0 Å². The van der Waals surface area contributed by atoms with E-state index < -0.39 is 12.1 Å². The first kappa shape index (κ1) is 18.0. The van der Waals surface area contributed by atoms with Crippen molar-refractivity contribution in [3.8, 4) is 0 Å². The topological polar surface area (TPSA) is 62.7 Å². The number of aryl methyl sites for hydroxylation is 1. The Balaban J connectivity index is 0.000000256. The van der Waals surface area contributed by atoms with Crippen molar-refractivity contribution in [1.29, 1.82) is 0 Å². The lowest BCUT2D eigenvalue weighted by molar-refractivity contribution is -0.192. The number of nitrogens with zero attached hydrogens (tertiary/aromatic N) is 2. The number of pyridine rings is 1. The van der Waals surface area contributed by atoms with Gasteiger partial charge in [-0.25, -0.2) is 9.78 Å². The molecular weight excluding hydrogens is 325 g/mol. The van der Waals surface area contributed by atoms with Crippen LogP contribution >= 0.6 is 0 Å². The molecule has 0 amide bonds. The van der Waals surface area contributed by atoms with E-state index in [4.69, 9.17) is 19.6 Å². The SMILES string of the molecule is Cc1cc(N2CCOCC2)nc2ccccc12.O=C(O)C(F)(F)F. The Morgan fingerprint density at radius 2 is 1.83 bits per heavy atom. The minimum Gasteiger partial charge on any atom is -0.475 e. The van der Waals surface area contributed by atoms with Crippen molar-refractivity contribution in [1.82, 2.24) is 4.98 Å². The molecule has 0 spiro atoms. The normalized spacial score (nSPS) is 14.9. The maximum atomic E-state index is 10.6. The summed E-state index contributed by atoms with van der Waals surface area (Å²) in [5.74, 6) is -1.68. The average molecular weight is 342 g/mol. The van der Waals surface area contributed by atoms with Gasteiger partial charge in [-0.15, -0.1) is 0 Å². The molecule has 2 aromatic rings. The Bertz CT molecular complexity index is 713. The Morgan fingerprint density at radius 1 is 1.25 bits per heavy atom. The molecule has 24 heavy (non-hydrogen) atoms. The smallest absolute Gasteiger partial charge is 0.475 e. The molecule has 1 aliphatic rings. The molecule has 2 heterocycles. The fourth-order valence-corrected chi connectivity index (χ4v) is 2.29. The molecule has 1 N–H and O–H groups in total. The Hall–Kier alpha value is -2.35. The van der Waals surface area contributed by atoms with Crippen LogP contribution in [0.1, 0.15) is 5.56 Å². The zero-order valence-corrected chi connectivity index (χ0v) is 13.0. The van der Waals surface area contributed by atoms with Gasteiger partial charge in [-0.1, -0.05) is 18.2 Å². The number of benzene rings is 1. The highest BCUT2D eigenvalue weighted by Gasteiger charge is 2.38. The predicted molar refractivity (Wildman–Crippen MR) is 83.2 cm³/mol. The first-order valence-electron chi connectivity index (χ1n) is 7.28. The monoisotopic (exact) mass is 342 g/mol. The van der Waals surface area contributed by atoms with Gasteiger partial charge in [-0.05, 0) is 24.6 Å². The maximum Gasteiger partial charge on any atom is 0.490 e. The molecule has 1 fully saturated rings. The summed E-state index contributed by atoms with van der Waals surface area (Å²) < 4.78 is 37.1. The van der Waals surface area contributed by atoms with Crippen molar-refractivity contribution in [3.05, 3.63) is 35.9 Å². The number of rotatable bonds is 1. The van der Waals surface area contributed by atoms with Crippen molar-refractivity contribution in [2.24, 2.45) is 0 Å². The summed E-state index contributed by atoms with van der Waals surface area (Å²) in [4.78, 5) is 15.9. The van der Waals surface area contributed by atoms with Crippen LogP contribution in [-0.2, 0) is 9.53 Å². The highest BCUT2D eigenvalue weighted by Crippen LogP contribution is 2.22. The third-order valence-corrected chi connectivity index (χ3v) is 3.49. The molecule has 0 atom stereocenters. The first-order valence-corrected chi connectivity index (χ1v) is 7.28. The molecule has 5 nitrogen and oxygen atoms in total. The number of carbonyl (C=O) groups is 1. The van der Waals surface area contributed by atoms with Crippen molar-refractivity contribution >= 4 is 22.7 Å². The largest absolute Gasteiger partial charge is 0.490 e. The first-order chi connectivity index (χ1) is 11.3. The van der Waals surface area contributed by atoms with Crippen LogP contribution in [0.4, 0.5) is 19.0 Å². The molecule has 1 saturated heterocycles. The van der Waals surface area contributed by atoms with E-state index in [1.54, 1.807) is 0 Å². The van der Waals surface area contributed by atoms with Gasteiger partial charge in [0.1, 0.15) is 5.82 Å². The molecule has 8 heteroatoms. The summed E-state index contributed by atoms with van der Waals surface area (Å²) in [5, 5.41) is 8.37.